The van der Waals surface area contributed by atoms with Gasteiger partial charge in [0.05, 0.1) is 12.1 Å². The van der Waals surface area contributed by atoms with E-state index in [-0.39, 0.29) is 24.3 Å². The van der Waals surface area contributed by atoms with E-state index in [1.165, 1.54) is 30.2 Å². The summed E-state index contributed by atoms with van der Waals surface area (Å²) in [4.78, 5) is 32.4. The van der Waals surface area contributed by atoms with Crippen LogP contribution in [-0.4, -0.2) is 37.6 Å². The van der Waals surface area contributed by atoms with Gasteiger partial charge in [-0.05, 0) is 24.4 Å². The number of aryl methyl sites for hydroxylation is 1. The molecule has 7 nitrogen and oxygen atoms in total. The van der Waals surface area contributed by atoms with Crippen LogP contribution in [0, 0.1) is 6.92 Å². The molecule has 1 amide bonds. The normalized spacial score (nSPS) is 11.9. The molecule has 3 rings (SSSR count). The molecule has 0 radical (unpaired) electrons. The fourth-order valence-corrected chi connectivity index (χ4v) is 3.09. The van der Waals surface area contributed by atoms with E-state index in [0.717, 1.165) is 10.7 Å². The van der Waals surface area contributed by atoms with Crippen molar-refractivity contribution in [3.63, 3.8) is 0 Å². The minimum atomic E-state index is -4.57. The minimum absolute atomic E-state index is 0.0201. The van der Waals surface area contributed by atoms with Gasteiger partial charge in [-0.1, -0.05) is 0 Å². The first-order valence-electron chi connectivity index (χ1n) is 7.47. The summed E-state index contributed by atoms with van der Waals surface area (Å²) in [5.41, 5.74) is -0.574. The van der Waals surface area contributed by atoms with Crippen molar-refractivity contribution in [2.45, 2.75) is 26.2 Å². The second-order valence-corrected chi connectivity index (χ2v) is 6.64. The van der Waals surface area contributed by atoms with Crippen LogP contribution in [0.1, 0.15) is 17.2 Å². The summed E-state index contributed by atoms with van der Waals surface area (Å²) in [5.74, 6) is -0.164. The second kappa shape index (κ2) is 6.56. The second-order valence-electron chi connectivity index (χ2n) is 5.72. The van der Waals surface area contributed by atoms with Crippen molar-refractivity contribution in [3.8, 4) is 0 Å². The maximum atomic E-state index is 12.7. The summed E-state index contributed by atoms with van der Waals surface area (Å²) in [5, 5.41) is 5.17. The van der Waals surface area contributed by atoms with Gasteiger partial charge < -0.3 is 9.88 Å². The number of nitrogens with one attached hydrogen (secondary N) is 1. The predicted octanol–water partition coefficient (Wildman–Crippen LogP) is 2.17. The number of H-pyrrole nitrogens is 1. The molecular weight excluding hydrogens is 371 g/mol. The van der Waals surface area contributed by atoms with Crippen LogP contribution in [0.25, 0.3) is 10.2 Å². The molecule has 3 heterocycles. The Morgan fingerprint density at radius 1 is 1.42 bits per heavy atom. The summed E-state index contributed by atoms with van der Waals surface area (Å²) >= 11 is 1.27. The van der Waals surface area contributed by atoms with Crippen LogP contribution in [0.5, 0.6) is 0 Å². The first-order chi connectivity index (χ1) is 12.1. The quantitative estimate of drug-likeness (QED) is 0.746. The van der Waals surface area contributed by atoms with Crippen molar-refractivity contribution >= 4 is 27.5 Å². The average molecular weight is 385 g/mol. The molecule has 0 spiro atoms. The first kappa shape index (κ1) is 18.1. The highest BCUT2D eigenvalue weighted by Crippen LogP contribution is 2.28. The van der Waals surface area contributed by atoms with E-state index in [1.54, 1.807) is 11.4 Å². The highest BCUT2D eigenvalue weighted by Gasteiger charge is 2.34. The standard InChI is InChI=1S/C15H14F3N5O2S/c1-8-5-10(15(16,17)18)21-23(8)7-12(24)22(2)6-11-19-9-3-4-26-13(9)14(25)20-11/h3-5H,6-7H2,1-2H3,(H,19,20,25). The number of nitrogens with zero attached hydrogens (tertiary/aromatic N) is 4. The smallest absolute Gasteiger partial charge is 0.337 e. The lowest BCUT2D eigenvalue weighted by molar-refractivity contribution is -0.142. The number of thiophene rings is 1. The summed E-state index contributed by atoms with van der Waals surface area (Å²) in [7, 11) is 1.48. The molecule has 3 aromatic heterocycles. The molecule has 0 fully saturated rings. The number of carbonyl (C=O) groups excluding carboxylic acids is 1. The third-order valence-electron chi connectivity index (χ3n) is 3.73. The fraction of sp³-hybridized carbons (Fsp3) is 0.333. The van der Waals surface area contributed by atoms with Crippen LogP contribution in [0.4, 0.5) is 13.2 Å². The first-order valence-corrected chi connectivity index (χ1v) is 8.35. The summed E-state index contributed by atoms with van der Waals surface area (Å²) < 4.78 is 39.6. The van der Waals surface area contributed by atoms with Crippen LogP contribution in [-0.2, 0) is 24.1 Å². The van der Waals surface area contributed by atoms with E-state index in [0.29, 0.717) is 16.0 Å². The number of aromatic nitrogens is 4. The Morgan fingerprint density at radius 3 is 2.81 bits per heavy atom. The maximum absolute atomic E-state index is 12.7. The van der Waals surface area contributed by atoms with Crippen molar-refractivity contribution in [2.75, 3.05) is 7.05 Å². The number of amides is 1. The Morgan fingerprint density at radius 2 is 2.15 bits per heavy atom. The van der Waals surface area contributed by atoms with E-state index in [9.17, 15) is 22.8 Å². The molecule has 0 aromatic carbocycles. The van der Waals surface area contributed by atoms with Crippen LogP contribution < -0.4 is 5.56 Å². The van der Waals surface area contributed by atoms with Crippen LogP contribution in [0.2, 0.25) is 0 Å². The minimum Gasteiger partial charge on any atom is -0.337 e. The summed E-state index contributed by atoms with van der Waals surface area (Å²) in [6.07, 6.45) is -4.57. The number of halogens is 3. The van der Waals surface area contributed by atoms with Crippen LogP contribution >= 0.6 is 11.3 Å². The Hall–Kier alpha value is -2.69. The molecule has 0 saturated carbocycles. The third-order valence-corrected chi connectivity index (χ3v) is 4.64. The van der Waals surface area contributed by atoms with Gasteiger partial charge in [-0.15, -0.1) is 11.3 Å². The zero-order valence-corrected chi connectivity index (χ0v) is 14.6. The number of rotatable bonds is 4. The molecule has 26 heavy (non-hydrogen) atoms. The van der Waals surface area contributed by atoms with Gasteiger partial charge in [-0.2, -0.15) is 18.3 Å². The molecule has 138 valence electrons. The van der Waals surface area contributed by atoms with Crippen molar-refractivity contribution in [2.24, 2.45) is 0 Å². The van der Waals surface area contributed by atoms with Crippen LogP contribution in [0.15, 0.2) is 22.3 Å². The van der Waals surface area contributed by atoms with E-state index in [4.69, 9.17) is 0 Å². The number of hydrogen-bond donors (Lipinski definition) is 1. The number of fused-ring (bicyclic) bond motifs is 1. The molecule has 3 aromatic rings. The predicted molar refractivity (Wildman–Crippen MR) is 88.7 cm³/mol. The van der Waals surface area contributed by atoms with Crippen LogP contribution in [0.3, 0.4) is 0 Å². The molecule has 0 bridgehead atoms. The molecule has 0 aliphatic carbocycles. The Kier molecular flexibility index (Phi) is 4.57. The lowest BCUT2D eigenvalue weighted by Crippen LogP contribution is -2.31. The Labute approximate surface area is 149 Å². The van der Waals surface area contributed by atoms with Gasteiger partial charge >= 0.3 is 6.18 Å². The zero-order chi connectivity index (χ0) is 19.1. The average Bonchev–Trinajstić information content (AvgIpc) is 3.14. The molecule has 0 aliphatic rings. The molecule has 11 heteroatoms. The molecule has 0 saturated heterocycles. The number of aromatic amines is 1. The highest BCUT2D eigenvalue weighted by atomic mass is 32.1. The van der Waals surface area contributed by atoms with E-state index < -0.39 is 17.8 Å². The third kappa shape index (κ3) is 3.62. The Balaban J connectivity index is 1.73. The van der Waals surface area contributed by atoms with E-state index in [2.05, 4.69) is 15.1 Å². The van der Waals surface area contributed by atoms with Gasteiger partial charge in [0.25, 0.3) is 5.56 Å². The SMILES string of the molecule is Cc1cc(C(F)(F)F)nn1CC(=O)N(C)Cc1nc2ccsc2c(=O)[nH]1. The van der Waals surface area contributed by atoms with Crippen molar-refractivity contribution < 1.29 is 18.0 Å². The molecule has 0 aliphatic heterocycles. The van der Waals surface area contributed by atoms with E-state index in [1.807, 2.05) is 0 Å². The lowest BCUT2D eigenvalue weighted by Gasteiger charge is -2.17. The number of hydrogen-bond acceptors (Lipinski definition) is 5. The van der Waals surface area contributed by atoms with Gasteiger partial charge in [-0.25, -0.2) is 4.98 Å². The van der Waals surface area contributed by atoms with Crippen molar-refractivity contribution in [3.05, 3.63) is 45.1 Å². The van der Waals surface area contributed by atoms with Gasteiger partial charge in [0.15, 0.2) is 5.69 Å². The molecule has 0 atom stereocenters. The van der Waals surface area contributed by atoms with Crippen molar-refractivity contribution in [1.82, 2.24) is 24.6 Å². The number of likely N-dealkylation sites (N-methyl/N-ethyl adjacent to an activating group) is 1. The summed E-state index contributed by atoms with van der Waals surface area (Å²) in [6, 6.07) is 2.59. The lowest BCUT2D eigenvalue weighted by atomic mass is 10.3. The van der Waals surface area contributed by atoms with Gasteiger partial charge in [0.2, 0.25) is 5.91 Å². The molecule has 0 unspecified atom stereocenters. The van der Waals surface area contributed by atoms with E-state index >= 15 is 0 Å². The molecule has 1 N–H and O–H groups in total. The number of carbonyl (C=O) groups is 1. The van der Waals surface area contributed by atoms with Crippen molar-refractivity contribution in [1.29, 1.82) is 0 Å². The largest absolute Gasteiger partial charge is 0.435 e. The maximum Gasteiger partial charge on any atom is 0.435 e. The van der Waals surface area contributed by atoms with Gasteiger partial charge in [-0.3, -0.25) is 14.3 Å². The van der Waals surface area contributed by atoms with Gasteiger partial charge in [0.1, 0.15) is 17.1 Å². The number of alkyl halides is 3. The Bertz CT molecular complexity index is 1020. The van der Waals surface area contributed by atoms with Gasteiger partial charge in [0, 0.05) is 12.7 Å². The monoisotopic (exact) mass is 385 g/mol. The summed E-state index contributed by atoms with van der Waals surface area (Å²) in [6.45, 7) is 1.12. The highest BCUT2D eigenvalue weighted by molar-refractivity contribution is 7.17. The topological polar surface area (TPSA) is 83.9 Å². The zero-order valence-electron chi connectivity index (χ0n) is 13.8. The fourth-order valence-electron chi connectivity index (χ4n) is 2.37. The molecular formula is C15H14F3N5O2S.